The Morgan fingerprint density at radius 3 is 2.14 bits per heavy atom. The molecule has 2 aromatic rings. The Kier molecular flexibility index (Phi) is 3.72. The Balaban J connectivity index is 2.02. The van der Waals surface area contributed by atoms with Crippen molar-refractivity contribution in [3.63, 3.8) is 0 Å². The Morgan fingerprint density at radius 1 is 1.05 bits per heavy atom. The lowest BCUT2D eigenvalue weighted by atomic mass is 10.2. The van der Waals surface area contributed by atoms with E-state index in [4.69, 9.17) is 12.2 Å². The standard InChI is InChI=1S/C14H15F3N4S/c1-19-13(22)21(12(18-19)14(15,16)17)11-6-4-10(5-7-11)20-8-2-3-9-20/h4-7H,2-3,8-9H2,1H3. The van der Waals surface area contributed by atoms with Gasteiger partial charge in [0.05, 0.1) is 5.69 Å². The molecule has 0 unspecified atom stereocenters. The minimum absolute atomic E-state index is 0.0150. The second-order valence-corrected chi connectivity index (χ2v) is 5.64. The quantitative estimate of drug-likeness (QED) is 0.789. The van der Waals surface area contributed by atoms with Gasteiger partial charge in [-0.2, -0.15) is 13.2 Å². The number of hydrogen-bond acceptors (Lipinski definition) is 3. The number of rotatable bonds is 2. The highest BCUT2D eigenvalue weighted by molar-refractivity contribution is 7.71. The molecule has 1 fully saturated rings. The molecule has 22 heavy (non-hydrogen) atoms. The van der Waals surface area contributed by atoms with Crippen molar-refractivity contribution in [2.45, 2.75) is 19.0 Å². The van der Waals surface area contributed by atoms with Crippen molar-refractivity contribution >= 4 is 17.9 Å². The lowest BCUT2D eigenvalue weighted by Crippen LogP contribution is -2.17. The molecule has 0 atom stereocenters. The van der Waals surface area contributed by atoms with E-state index in [2.05, 4.69) is 10.00 Å². The Hall–Kier alpha value is -1.83. The van der Waals surface area contributed by atoms with Crippen LogP contribution in [0.3, 0.4) is 0 Å². The first-order valence-electron chi connectivity index (χ1n) is 6.96. The van der Waals surface area contributed by atoms with Gasteiger partial charge in [0.1, 0.15) is 0 Å². The van der Waals surface area contributed by atoms with Crippen LogP contribution in [-0.4, -0.2) is 27.4 Å². The predicted octanol–water partition coefficient (Wildman–Crippen LogP) is 3.56. The summed E-state index contributed by atoms with van der Waals surface area (Å²) < 4.78 is 41.3. The molecule has 0 saturated carbocycles. The molecule has 118 valence electrons. The van der Waals surface area contributed by atoms with Crippen molar-refractivity contribution in [3.8, 4) is 5.69 Å². The molecule has 0 radical (unpaired) electrons. The molecule has 1 aliphatic heterocycles. The largest absolute Gasteiger partial charge is 0.452 e. The van der Waals surface area contributed by atoms with Gasteiger partial charge in [-0.3, -0.25) is 4.57 Å². The first kappa shape index (κ1) is 15.1. The first-order chi connectivity index (χ1) is 10.4. The summed E-state index contributed by atoms with van der Waals surface area (Å²) in [5.74, 6) is -1.01. The number of aryl methyl sites for hydroxylation is 1. The van der Waals surface area contributed by atoms with Gasteiger partial charge in [-0.1, -0.05) is 0 Å². The summed E-state index contributed by atoms with van der Waals surface area (Å²) in [6.07, 6.45) is -2.26. The highest BCUT2D eigenvalue weighted by atomic mass is 32.1. The molecule has 0 amide bonds. The van der Waals surface area contributed by atoms with E-state index in [1.807, 2.05) is 12.1 Å². The zero-order valence-electron chi connectivity index (χ0n) is 12.0. The molecule has 2 heterocycles. The van der Waals surface area contributed by atoms with Crippen molar-refractivity contribution < 1.29 is 13.2 Å². The number of hydrogen-bond donors (Lipinski definition) is 0. The molecule has 8 heteroatoms. The van der Waals surface area contributed by atoms with Crippen molar-refractivity contribution in [2.75, 3.05) is 18.0 Å². The van der Waals surface area contributed by atoms with Crippen LogP contribution >= 0.6 is 12.2 Å². The molecule has 0 aliphatic carbocycles. The van der Waals surface area contributed by atoms with E-state index < -0.39 is 12.0 Å². The average molecular weight is 328 g/mol. The van der Waals surface area contributed by atoms with E-state index in [1.165, 1.54) is 7.05 Å². The van der Waals surface area contributed by atoms with E-state index in [0.29, 0.717) is 5.69 Å². The summed E-state index contributed by atoms with van der Waals surface area (Å²) in [5, 5.41) is 3.50. The van der Waals surface area contributed by atoms with Gasteiger partial charge in [-0.05, 0) is 49.3 Å². The number of alkyl halides is 3. The number of benzene rings is 1. The normalized spacial score (nSPS) is 15.5. The summed E-state index contributed by atoms with van der Waals surface area (Å²) in [5.41, 5.74) is 1.39. The van der Waals surface area contributed by atoms with Crippen LogP contribution in [0.5, 0.6) is 0 Å². The maximum Gasteiger partial charge on any atom is 0.452 e. The molecule has 4 nitrogen and oxygen atoms in total. The zero-order valence-corrected chi connectivity index (χ0v) is 12.8. The van der Waals surface area contributed by atoms with Crippen LogP contribution < -0.4 is 4.90 Å². The number of halogens is 3. The highest BCUT2D eigenvalue weighted by Gasteiger charge is 2.38. The third-order valence-electron chi connectivity index (χ3n) is 3.76. The summed E-state index contributed by atoms with van der Waals surface area (Å²) in [6.45, 7) is 1.97. The minimum Gasteiger partial charge on any atom is -0.372 e. The average Bonchev–Trinajstić information content (AvgIpc) is 3.08. The Labute approximate surface area is 130 Å². The zero-order chi connectivity index (χ0) is 15.9. The molecular formula is C14H15F3N4S. The van der Waals surface area contributed by atoms with Gasteiger partial charge in [0, 0.05) is 25.8 Å². The maximum absolute atomic E-state index is 13.1. The molecule has 1 saturated heterocycles. The van der Waals surface area contributed by atoms with Crippen LogP contribution in [0.1, 0.15) is 18.7 Å². The molecule has 1 aromatic carbocycles. The van der Waals surface area contributed by atoms with Crippen LogP contribution in [0, 0.1) is 4.77 Å². The molecule has 1 aromatic heterocycles. The predicted molar refractivity (Wildman–Crippen MR) is 79.8 cm³/mol. The topological polar surface area (TPSA) is 26.0 Å². The van der Waals surface area contributed by atoms with Gasteiger partial charge in [0.25, 0.3) is 0 Å². The van der Waals surface area contributed by atoms with Crippen LogP contribution in [0.4, 0.5) is 18.9 Å². The Bertz CT molecular complexity index is 724. The fourth-order valence-corrected chi connectivity index (χ4v) is 2.90. The second-order valence-electron chi connectivity index (χ2n) is 5.27. The molecule has 0 N–H and O–H groups in total. The van der Waals surface area contributed by atoms with E-state index in [9.17, 15) is 13.2 Å². The van der Waals surface area contributed by atoms with E-state index in [0.717, 1.165) is 40.9 Å². The van der Waals surface area contributed by atoms with Gasteiger partial charge in [0.2, 0.25) is 10.6 Å². The van der Waals surface area contributed by atoms with Crippen molar-refractivity contribution in [2.24, 2.45) is 7.05 Å². The smallest absolute Gasteiger partial charge is 0.372 e. The first-order valence-corrected chi connectivity index (χ1v) is 7.37. The van der Waals surface area contributed by atoms with Gasteiger partial charge < -0.3 is 4.90 Å². The summed E-state index contributed by atoms with van der Waals surface area (Å²) in [6, 6.07) is 6.96. The van der Waals surface area contributed by atoms with Gasteiger partial charge in [-0.25, -0.2) is 4.68 Å². The highest BCUT2D eigenvalue weighted by Crippen LogP contribution is 2.30. The fraction of sp³-hybridized carbons (Fsp3) is 0.429. The fourth-order valence-electron chi connectivity index (χ4n) is 2.67. The van der Waals surface area contributed by atoms with Gasteiger partial charge in [0.15, 0.2) is 0 Å². The summed E-state index contributed by atoms with van der Waals surface area (Å²) >= 11 is 5.06. The monoisotopic (exact) mass is 328 g/mol. The third-order valence-corrected chi connectivity index (χ3v) is 4.20. The lowest BCUT2D eigenvalue weighted by Gasteiger charge is -2.18. The third kappa shape index (κ3) is 2.63. The SMILES string of the molecule is Cn1nc(C(F)(F)F)n(-c2ccc(N3CCCC3)cc2)c1=S. The molecule has 0 bridgehead atoms. The van der Waals surface area contributed by atoms with Crippen LogP contribution in [0.15, 0.2) is 24.3 Å². The Morgan fingerprint density at radius 2 is 1.59 bits per heavy atom. The van der Waals surface area contributed by atoms with Crippen molar-refractivity contribution in [1.82, 2.24) is 14.3 Å². The van der Waals surface area contributed by atoms with Crippen molar-refractivity contribution in [1.29, 1.82) is 0 Å². The number of anilines is 1. The minimum atomic E-state index is -4.55. The van der Waals surface area contributed by atoms with Crippen molar-refractivity contribution in [3.05, 3.63) is 34.9 Å². The van der Waals surface area contributed by atoms with Crippen LogP contribution in [0.2, 0.25) is 0 Å². The molecule has 0 spiro atoms. The number of nitrogens with zero attached hydrogens (tertiary/aromatic N) is 4. The van der Waals surface area contributed by atoms with E-state index in [1.54, 1.807) is 12.1 Å². The van der Waals surface area contributed by atoms with E-state index >= 15 is 0 Å². The van der Waals surface area contributed by atoms with Gasteiger partial charge in [-0.15, -0.1) is 5.10 Å². The maximum atomic E-state index is 13.1. The lowest BCUT2D eigenvalue weighted by molar-refractivity contribution is -0.146. The molecular weight excluding hydrogens is 313 g/mol. The summed E-state index contributed by atoms with van der Waals surface area (Å²) in [4.78, 5) is 2.22. The second kappa shape index (κ2) is 5.42. The van der Waals surface area contributed by atoms with Crippen LogP contribution in [0.25, 0.3) is 5.69 Å². The summed E-state index contributed by atoms with van der Waals surface area (Å²) in [7, 11) is 1.41. The van der Waals surface area contributed by atoms with Crippen LogP contribution in [-0.2, 0) is 13.2 Å². The van der Waals surface area contributed by atoms with Gasteiger partial charge >= 0.3 is 6.18 Å². The van der Waals surface area contributed by atoms with E-state index in [-0.39, 0.29) is 4.77 Å². The molecule has 1 aliphatic rings. The molecule has 3 rings (SSSR count). The number of aromatic nitrogens is 3.